The number of nitro benzene ring substituents is 1. The van der Waals surface area contributed by atoms with Gasteiger partial charge in [0.05, 0.1) is 17.6 Å². The topological polar surface area (TPSA) is 95.7 Å². The van der Waals surface area contributed by atoms with Crippen LogP contribution in [0.25, 0.3) is 0 Å². The lowest BCUT2D eigenvalue weighted by Crippen LogP contribution is -2.24. The van der Waals surface area contributed by atoms with Crippen LogP contribution in [0.3, 0.4) is 0 Å². The fourth-order valence-corrected chi connectivity index (χ4v) is 2.19. The summed E-state index contributed by atoms with van der Waals surface area (Å²) in [7, 11) is 1.29. The van der Waals surface area contributed by atoms with Gasteiger partial charge in [-0.3, -0.25) is 14.9 Å². The Bertz CT molecular complexity index is 813. The quantitative estimate of drug-likeness (QED) is 0.345. The number of ether oxygens (including phenoxy) is 2. The molecule has 2 aromatic rings. The van der Waals surface area contributed by atoms with E-state index in [9.17, 15) is 19.7 Å². The van der Waals surface area contributed by atoms with E-state index in [0.29, 0.717) is 5.56 Å². The van der Waals surface area contributed by atoms with E-state index in [2.05, 4.69) is 0 Å². The van der Waals surface area contributed by atoms with Crippen molar-refractivity contribution in [1.82, 2.24) is 0 Å². The van der Waals surface area contributed by atoms with E-state index < -0.39 is 17.0 Å². The summed E-state index contributed by atoms with van der Waals surface area (Å²) in [5.74, 6) is -1.14. The van der Waals surface area contributed by atoms with Crippen molar-refractivity contribution >= 4 is 17.4 Å². The zero-order valence-corrected chi connectivity index (χ0v) is 14.0. The Morgan fingerprint density at radius 3 is 2.24 bits per heavy atom. The van der Waals surface area contributed by atoms with E-state index in [1.807, 2.05) is 6.92 Å². The summed E-state index contributed by atoms with van der Waals surface area (Å²) in [5.41, 5.74) is 1.05. The Balaban J connectivity index is 2.15. The van der Waals surface area contributed by atoms with Crippen molar-refractivity contribution in [3.63, 3.8) is 0 Å². The molecule has 0 bridgehead atoms. The van der Waals surface area contributed by atoms with Crippen molar-refractivity contribution in [3.05, 3.63) is 69.3 Å². The summed E-state index contributed by atoms with van der Waals surface area (Å²) < 4.78 is 10.0. The average Bonchev–Trinajstić information content (AvgIpc) is 2.60. The van der Waals surface area contributed by atoms with Crippen molar-refractivity contribution < 1.29 is 24.0 Å². The number of benzene rings is 2. The van der Waals surface area contributed by atoms with Gasteiger partial charge < -0.3 is 9.47 Å². The largest absolute Gasteiger partial charge is 0.490 e. The predicted molar refractivity (Wildman–Crippen MR) is 90.0 cm³/mol. The van der Waals surface area contributed by atoms with Crippen LogP contribution in [0.15, 0.2) is 42.5 Å². The number of esters is 1. The second kappa shape index (κ2) is 7.57. The molecule has 7 nitrogen and oxygen atoms in total. The van der Waals surface area contributed by atoms with Gasteiger partial charge in [0.1, 0.15) is 0 Å². The van der Waals surface area contributed by atoms with Crippen molar-refractivity contribution in [2.24, 2.45) is 0 Å². The van der Waals surface area contributed by atoms with Crippen molar-refractivity contribution in [3.8, 4) is 5.75 Å². The van der Waals surface area contributed by atoms with Crippen molar-refractivity contribution in [2.75, 3.05) is 7.11 Å². The molecular formula is C18H17NO6. The third-order valence-corrected chi connectivity index (χ3v) is 3.60. The van der Waals surface area contributed by atoms with Crippen LogP contribution >= 0.6 is 0 Å². The maximum Gasteiger partial charge on any atom is 0.339 e. The first kappa shape index (κ1) is 18.1. The summed E-state index contributed by atoms with van der Waals surface area (Å²) in [5, 5.41) is 11.0. The molecule has 2 aromatic carbocycles. The molecule has 0 fully saturated rings. The molecule has 2 rings (SSSR count). The minimum absolute atomic E-state index is 0.0314. The van der Waals surface area contributed by atoms with Crippen LogP contribution in [0.1, 0.15) is 33.2 Å². The molecule has 1 unspecified atom stereocenters. The lowest BCUT2D eigenvalue weighted by Gasteiger charge is -2.13. The highest BCUT2D eigenvalue weighted by Gasteiger charge is 2.23. The fraction of sp³-hybridized carbons (Fsp3) is 0.222. The second-order valence-electron chi connectivity index (χ2n) is 5.42. The molecule has 0 heterocycles. The maximum atomic E-state index is 12.3. The monoisotopic (exact) mass is 343 g/mol. The van der Waals surface area contributed by atoms with Crippen LogP contribution in [-0.4, -0.2) is 29.9 Å². The Hall–Kier alpha value is -3.22. The van der Waals surface area contributed by atoms with Crippen LogP contribution in [0.2, 0.25) is 0 Å². The van der Waals surface area contributed by atoms with E-state index in [-0.39, 0.29) is 22.8 Å². The first-order valence-corrected chi connectivity index (χ1v) is 7.47. The Kier molecular flexibility index (Phi) is 5.49. The van der Waals surface area contributed by atoms with Gasteiger partial charge in [0.25, 0.3) is 0 Å². The van der Waals surface area contributed by atoms with Gasteiger partial charge in [-0.15, -0.1) is 0 Å². The van der Waals surface area contributed by atoms with Crippen LogP contribution in [0, 0.1) is 17.0 Å². The molecule has 0 saturated carbocycles. The first-order chi connectivity index (χ1) is 11.8. The Morgan fingerprint density at radius 2 is 1.68 bits per heavy atom. The lowest BCUT2D eigenvalue weighted by molar-refractivity contribution is -0.385. The van der Waals surface area contributed by atoms with Gasteiger partial charge in [-0.25, -0.2) is 4.79 Å². The molecule has 0 radical (unpaired) electrons. The number of ketones is 1. The van der Waals surface area contributed by atoms with Gasteiger partial charge in [-0.05, 0) is 26.0 Å². The highest BCUT2D eigenvalue weighted by Crippen LogP contribution is 2.28. The van der Waals surface area contributed by atoms with Gasteiger partial charge in [0.15, 0.2) is 11.9 Å². The van der Waals surface area contributed by atoms with E-state index >= 15 is 0 Å². The number of Topliss-reactive ketones (excluding diaryl/α,β-unsaturated/α-hetero) is 1. The van der Waals surface area contributed by atoms with E-state index in [0.717, 1.165) is 11.6 Å². The molecule has 1 atom stereocenters. The zero-order chi connectivity index (χ0) is 18.6. The summed E-state index contributed by atoms with van der Waals surface area (Å²) in [6, 6.07) is 10.6. The van der Waals surface area contributed by atoms with Crippen LogP contribution in [0.4, 0.5) is 5.69 Å². The number of carbonyl (C=O) groups is 2. The lowest BCUT2D eigenvalue weighted by atomic mass is 10.1. The van der Waals surface area contributed by atoms with Gasteiger partial charge in [0, 0.05) is 11.6 Å². The highest BCUT2D eigenvalue weighted by atomic mass is 16.6. The fourth-order valence-electron chi connectivity index (χ4n) is 2.19. The minimum Gasteiger partial charge on any atom is -0.490 e. The Morgan fingerprint density at radius 1 is 1.08 bits per heavy atom. The van der Waals surface area contributed by atoms with Gasteiger partial charge in [-0.1, -0.05) is 29.8 Å². The highest BCUT2D eigenvalue weighted by molar-refractivity contribution is 6.01. The molecular weight excluding hydrogens is 326 g/mol. The number of hydrogen-bond acceptors (Lipinski definition) is 6. The van der Waals surface area contributed by atoms with Gasteiger partial charge >= 0.3 is 11.7 Å². The standard InChI is InChI=1S/C18H17NO6/c1-11-4-6-13(7-5-11)17(20)12(2)25-18(21)14-8-9-16(24-3)15(10-14)19(22)23/h4-10,12H,1-3H3. The summed E-state index contributed by atoms with van der Waals surface area (Å²) in [6.07, 6.45) is -1.02. The Labute approximate surface area is 144 Å². The average molecular weight is 343 g/mol. The minimum atomic E-state index is -1.02. The molecule has 0 N–H and O–H groups in total. The number of nitrogens with zero attached hydrogens (tertiary/aromatic N) is 1. The van der Waals surface area contributed by atoms with Gasteiger partial charge in [-0.2, -0.15) is 0 Å². The second-order valence-corrected chi connectivity index (χ2v) is 5.42. The molecule has 0 aliphatic heterocycles. The van der Waals surface area contributed by atoms with Crippen LogP contribution in [0.5, 0.6) is 5.75 Å². The maximum absolute atomic E-state index is 12.3. The number of carbonyl (C=O) groups excluding carboxylic acids is 2. The SMILES string of the molecule is COc1ccc(C(=O)OC(C)C(=O)c2ccc(C)cc2)cc1[N+](=O)[O-]. The molecule has 130 valence electrons. The van der Waals surface area contributed by atoms with Crippen LogP contribution < -0.4 is 4.74 Å². The third-order valence-electron chi connectivity index (χ3n) is 3.60. The van der Waals surface area contributed by atoms with Gasteiger partial charge in [0.2, 0.25) is 5.78 Å². The summed E-state index contributed by atoms with van der Waals surface area (Å²) >= 11 is 0. The smallest absolute Gasteiger partial charge is 0.339 e. The number of rotatable bonds is 6. The molecule has 25 heavy (non-hydrogen) atoms. The number of nitro groups is 1. The number of hydrogen-bond donors (Lipinski definition) is 0. The van der Waals surface area contributed by atoms with E-state index in [4.69, 9.17) is 9.47 Å². The molecule has 0 spiro atoms. The molecule has 0 saturated heterocycles. The van der Waals surface area contributed by atoms with Crippen molar-refractivity contribution in [1.29, 1.82) is 0 Å². The number of methoxy groups -OCH3 is 1. The first-order valence-electron chi connectivity index (χ1n) is 7.47. The molecule has 0 aromatic heterocycles. The van der Waals surface area contributed by atoms with E-state index in [1.165, 1.54) is 26.2 Å². The molecule has 7 heteroatoms. The predicted octanol–water partition coefficient (Wildman–Crippen LogP) is 3.34. The normalized spacial score (nSPS) is 11.5. The van der Waals surface area contributed by atoms with Crippen molar-refractivity contribution in [2.45, 2.75) is 20.0 Å². The summed E-state index contributed by atoms with van der Waals surface area (Å²) in [4.78, 5) is 34.8. The summed E-state index contributed by atoms with van der Waals surface area (Å²) in [6.45, 7) is 3.35. The van der Waals surface area contributed by atoms with E-state index in [1.54, 1.807) is 24.3 Å². The molecule has 0 aliphatic carbocycles. The molecule has 0 amide bonds. The third kappa shape index (κ3) is 4.20. The zero-order valence-electron chi connectivity index (χ0n) is 14.0. The van der Waals surface area contributed by atoms with Crippen LogP contribution in [-0.2, 0) is 4.74 Å². The number of aryl methyl sites for hydroxylation is 1. The molecule has 0 aliphatic rings.